The van der Waals surface area contributed by atoms with Crippen LogP contribution in [0.5, 0.6) is 0 Å². The lowest BCUT2D eigenvalue weighted by molar-refractivity contribution is 0.552. The highest BCUT2D eigenvalue weighted by Gasteiger charge is 2.13. The Morgan fingerprint density at radius 1 is 0.651 bits per heavy atom. The lowest BCUT2D eigenvalue weighted by atomic mass is 10.1. The van der Waals surface area contributed by atoms with Crippen LogP contribution in [0.25, 0.3) is 39.8 Å². The fourth-order valence-electron chi connectivity index (χ4n) is 5.53. The number of hydrogen-bond acceptors (Lipinski definition) is 5. The lowest BCUT2D eigenvalue weighted by Crippen LogP contribution is -1.94. The second kappa shape index (κ2) is 14.8. The van der Waals surface area contributed by atoms with Crippen molar-refractivity contribution < 1.29 is 0 Å². The minimum atomic E-state index is 0.146. The van der Waals surface area contributed by atoms with Crippen molar-refractivity contribution in [1.29, 1.82) is 0 Å². The quantitative estimate of drug-likeness (QED) is 0.0849. The van der Waals surface area contributed by atoms with Gasteiger partial charge in [0.15, 0.2) is 5.01 Å². The van der Waals surface area contributed by atoms with E-state index in [-0.39, 0.29) is 5.25 Å². The molecular formula is C38H37NS4. The summed E-state index contributed by atoms with van der Waals surface area (Å²) in [5, 5.41) is 3.64. The normalized spacial score (nSPS) is 12.0. The number of unbranched alkanes of at least 4 members (excludes halogenated alkanes) is 9. The molecule has 0 saturated carbocycles. The molecule has 0 fully saturated rings. The van der Waals surface area contributed by atoms with Crippen LogP contribution in [0, 0.1) is 23.7 Å². The molecule has 6 rings (SSSR count). The fourth-order valence-corrected chi connectivity index (χ4v) is 9.33. The number of thiazole rings is 1. The summed E-state index contributed by atoms with van der Waals surface area (Å²) >= 11 is 10.2. The molecule has 0 spiro atoms. The largest absolute Gasteiger partial charge is 0.228 e. The average Bonchev–Trinajstić information content (AvgIpc) is 3.71. The molecular weight excluding hydrogens is 599 g/mol. The van der Waals surface area contributed by atoms with Gasteiger partial charge in [-0.2, -0.15) is 12.6 Å². The standard InChI is InChI=1S/C38H37NS4/c1-2-3-4-5-6-7-8-9-10-11-14-29(40)21-17-27-18-22-30-34(25-27)42-38-31-23-19-28(26-35(31)43-37(30)38)20-24-36-39-32-15-12-13-16-33(32)41-36/h12-13,15-16,18-19,22-23,25-26,29,40H,2-11,14H2,1H3. The average molecular weight is 636 g/mol. The van der Waals surface area contributed by atoms with E-state index in [1.54, 1.807) is 11.3 Å². The van der Waals surface area contributed by atoms with Crippen LogP contribution < -0.4 is 0 Å². The first-order chi connectivity index (χ1) is 21.2. The van der Waals surface area contributed by atoms with Crippen LogP contribution >= 0.6 is 46.6 Å². The first kappa shape index (κ1) is 30.2. The van der Waals surface area contributed by atoms with E-state index in [2.05, 4.69) is 78.1 Å². The molecule has 0 aliphatic rings. The second-order valence-corrected chi connectivity index (χ2v) is 15.0. The van der Waals surface area contributed by atoms with Crippen LogP contribution in [0.2, 0.25) is 0 Å². The Balaban J connectivity index is 1.06. The van der Waals surface area contributed by atoms with Gasteiger partial charge in [0.1, 0.15) is 0 Å². The van der Waals surface area contributed by atoms with Gasteiger partial charge in [-0.25, -0.2) is 4.98 Å². The van der Waals surface area contributed by atoms with E-state index in [1.165, 1.54) is 98.5 Å². The molecule has 1 nitrogen and oxygen atoms in total. The number of thiophene rings is 2. The van der Waals surface area contributed by atoms with Crippen LogP contribution in [0.4, 0.5) is 0 Å². The lowest BCUT2D eigenvalue weighted by Gasteiger charge is -2.04. The monoisotopic (exact) mass is 635 g/mol. The van der Waals surface area contributed by atoms with E-state index in [0.29, 0.717) is 0 Å². The van der Waals surface area contributed by atoms with E-state index in [4.69, 9.17) is 12.6 Å². The first-order valence-corrected chi connectivity index (χ1v) is 18.6. The molecule has 5 heteroatoms. The molecule has 3 aromatic carbocycles. The zero-order chi connectivity index (χ0) is 29.4. The highest BCUT2D eigenvalue weighted by atomic mass is 32.1. The van der Waals surface area contributed by atoms with E-state index < -0.39 is 0 Å². The Kier molecular flexibility index (Phi) is 10.4. The van der Waals surface area contributed by atoms with Gasteiger partial charge in [0.25, 0.3) is 0 Å². The molecule has 43 heavy (non-hydrogen) atoms. The molecule has 3 aromatic heterocycles. The predicted molar refractivity (Wildman–Crippen MR) is 196 cm³/mol. The maximum absolute atomic E-state index is 4.77. The molecule has 1 unspecified atom stereocenters. The fraction of sp³-hybridized carbons (Fsp3) is 0.342. The minimum absolute atomic E-state index is 0.146. The first-order valence-electron chi connectivity index (χ1n) is 15.6. The van der Waals surface area contributed by atoms with Crippen molar-refractivity contribution in [3.63, 3.8) is 0 Å². The Morgan fingerprint density at radius 3 is 1.91 bits per heavy atom. The Labute approximate surface area is 273 Å². The number of nitrogens with zero attached hydrogens (tertiary/aromatic N) is 1. The minimum Gasteiger partial charge on any atom is -0.228 e. The summed E-state index contributed by atoms with van der Waals surface area (Å²) in [4.78, 5) is 4.65. The third kappa shape index (κ3) is 7.65. The number of hydrogen-bond donors (Lipinski definition) is 1. The summed E-state index contributed by atoms with van der Waals surface area (Å²) in [7, 11) is 0. The molecule has 0 aliphatic carbocycles. The molecule has 0 amide bonds. The summed E-state index contributed by atoms with van der Waals surface area (Å²) in [5.74, 6) is 13.4. The van der Waals surface area contributed by atoms with Gasteiger partial charge in [-0.15, -0.1) is 34.0 Å². The summed E-state index contributed by atoms with van der Waals surface area (Å²) in [6, 6.07) is 21.5. The number of para-hydroxylation sites is 1. The Morgan fingerprint density at radius 2 is 1.26 bits per heavy atom. The van der Waals surface area contributed by atoms with Crippen molar-refractivity contribution in [3.05, 3.63) is 76.8 Å². The van der Waals surface area contributed by atoms with Gasteiger partial charge in [0, 0.05) is 31.3 Å². The summed E-state index contributed by atoms with van der Waals surface area (Å²) in [6.45, 7) is 2.28. The highest BCUT2D eigenvalue weighted by Crippen LogP contribution is 2.44. The van der Waals surface area contributed by atoms with Gasteiger partial charge >= 0.3 is 0 Å². The van der Waals surface area contributed by atoms with Crippen molar-refractivity contribution in [2.24, 2.45) is 0 Å². The third-order valence-electron chi connectivity index (χ3n) is 7.90. The maximum Gasteiger partial charge on any atom is 0.168 e. The van der Waals surface area contributed by atoms with Crippen molar-refractivity contribution >= 4 is 86.4 Å². The van der Waals surface area contributed by atoms with E-state index in [1.807, 2.05) is 40.9 Å². The Bertz CT molecular complexity index is 1930. The van der Waals surface area contributed by atoms with Gasteiger partial charge in [0.05, 0.1) is 24.9 Å². The second-order valence-electron chi connectivity index (χ2n) is 11.3. The highest BCUT2D eigenvalue weighted by molar-refractivity contribution is 7.81. The Hall–Kier alpha value is -2.80. The zero-order valence-corrected chi connectivity index (χ0v) is 28.1. The van der Waals surface area contributed by atoms with Crippen LogP contribution in [0.15, 0.2) is 60.7 Å². The van der Waals surface area contributed by atoms with Crippen molar-refractivity contribution in [2.75, 3.05) is 0 Å². The van der Waals surface area contributed by atoms with E-state index >= 15 is 0 Å². The molecule has 1 atom stereocenters. The van der Waals surface area contributed by atoms with Crippen molar-refractivity contribution in [3.8, 4) is 23.7 Å². The third-order valence-corrected chi connectivity index (χ3v) is 11.7. The summed E-state index contributed by atoms with van der Waals surface area (Å²) in [6.07, 6.45) is 14.7. The summed E-state index contributed by atoms with van der Waals surface area (Å²) in [5.41, 5.74) is 3.13. The maximum atomic E-state index is 4.77. The van der Waals surface area contributed by atoms with Crippen LogP contribution in [0.1, 0.15) is 93.7 Å². The van der Waals surface area contributed by atoms with Crippen molar-refractivity contribution in [1.82, 2.24) is 4.98 Å². The topological polar surface area (TPSA) is 12.9 Å². The van der Waals surface area contributed by atoms with E-state index in [0.717, 1.165) is 28.1 Å². The summed E-state index contributed by atoms with van der Waals surface area (Å²) < 4.78 is 6.49. The molecule has 0 bridgehead atoms. The van der Waals surface area contributed by atoms with Crippen LogP contribution in [0.3, 0.4) is 0 Å². The van der Waals surface area contributed by atoms with E-state index in [9.17, 15) is 0 Å². The number of aromatic nitrogens is 1. The number of benzene rings is 3. The van der Waals surface area contributed by atoms with Gasteiger partial charge in [-0.05, 0) is 48.7 Å². The molecule has 0 radical (unpaired) electrons. The van der Waals surface area contributed by atoms with Crippen LogP contribution in [-0.4, -0.2) is 10.2 Å². The molecule has 0 saturated heterocycles. The van der Waals surface area contributed by atoms with Crippen LogP contribution in [-0.2, 0) is 0 Å². The molecule has 218 valence electrons. The predicted octanol–water partition coefficient (Wildman–Crippen LogP) is 12.2. The van der Waals surface area contributed by atoms with Crippen molar-refractivity contribution in [2.45, 2.75) is 82.8 Å². The van der Waals surface area contributed by atoms with Gasteiger partial charge in [-0.1, -0.05) is 113 Å². The van der Waals surface area contributed by atoms with Gasteiger partial charge in [0.2, 0.25) is 0 Å². The zero-order valence-electron chi connectivity index (χ0n) is 24.7. The van der Waals surface area contributed by atoms with Gasteiger partial charge < -0.3 is 0 Å². The van der Waals surface area contributed by atoms with Gasteiger partial charge in [-0.3, -0.25) is 0 Å². The molecule has 3 heterocycles. The number of thiol groups is 1. The smallest absolute Gasteiger partial charge is 0.168 e. The molecule has 0 aliphatic heterocycles. The number of rotatable bonds is 11. The SMILES string of the molecule is CCCCCCCCCCCCC(S)C#Cc1ccc2c(c1)sc1c3ccc(C#Cc4nc5ccccc5s4)cc3sc21. The molecule has 0 N–H and O–H groups in total. The molecule has 6 aromatic rings. The number of fused-ring (bicyclic) bond motifs is 6.